The summed E-state index contributed by atoms with van der Waals surface area (Å²) in [6, 6.07) is -1.90. The van der Waals surface area contributed by atoms with E-state index in [0.717, 1.165) is 0 Å². The van der Waals surface area contributed by atoms with Crippen molar-refractivity contribution in [3.05, 3.63) is 0 Å². The van der Waals surface area contributed by atoms with Crippen molar-refractivity contribution in [2.75, 3.05) is 6.61 Å². The fourth-order valence-corrected chi connectivity index (χ4v) is 2.87. The van der Waals surface area contributed by atoms with E-state index in [1.807, 2.05) is 0 Å². The molecule has 0 aromatic heterocycles. The molecular weight excluding hydrogens is 301 g/mol. The maximum atomic E-state index is 12.3. The Bertz CT molecular complexity index is 452. The molecule has 0 heterocycles. The molecule has 0 aromatic rings. The number of alkyl halides is 3. The Kier molecular flexibility index (Phi) is 5.39. The lowest BCUT2D eigenvalue weighted by molar-refractivity contribution is -0.149. The highest BCUT2D eigenvalue weighted by atomic mass is 32.2. The van der Waals surface area contributed by atoms with Crippen molar-refractivity contribution in [2.24, 2.45) is 11.7 Å². The van der Waals surface area contributed by atoms with E-state index in [4.69, 9.17) is 10.5 Å². The first-order valence-corrected chi connectivity index (χ1v) is 7.57. The highest BCUT2D eigenvalue weighted by molar-refractivity contribution is 7.90. The monoisotopic (exact) mass is 318 g/mol. The topological polar surface area (TPSA) is 98.5 Å². The summed E-state index contributed by atoms with van der Waals surface area (Å²) in [5.74, 6) is -1.19. The van der Waals surface area contributed by atoms with Crippen LogP contribution >= 0.6 is 0 Å². The molecule has 20 heavy (non-hydrogen) atoms. The summed E-state index contributed by atoms with van der Waals surface area (Å²) in [4.78, 5) is 11.6. The van der Waals surface area contributed by atoms with Gasteiger partial charge in [-0.2, -0.15) is 13.2 Å². The Labute approximate surface area is 114 Å². The van der Waals surface area contributed by atoms with Crippen LogP contribution in [0.1, 0.15) is 26.2 Å². The van der Waals surface area contributed by atoms with E-state index in [1.165, 1.54) is 4.72 Å². The van der Waals surface area contributed by atoms with Crippen LogP contribution in [-0.2, 0) is 19.6 Å². The second kappa shape index (κ2) is 6.27. The van der Waals surface area contributed by atoms with Gasteiger partial charge in [-0.15, -0.1) is 0 Å². The van der Waals surface area contributed by atoms with Gasteiger partial charge in [0, 0.05) is 12.1 Å². The minimum Gasteiger partial charge on any atom is -0.466 e. The molecule has 1 rings (SSSR count). The minimum absolute atomic E-state index is 0.102. The normalized spacial score (nSPS) is 28.1. The summed E-state index contributed by atoms with van der Waals surface area (Å²) in [5, 5.41) is 0. The van der Waals surface area contributed by atoms with Crippen LogP contribution in [0.4, 0.5) is 13.2 Å². The fraction of sp³-hybridized carbons (Fsp3) is 0.900. The standard InChI is InChI=1S/C10H17F3N2O4S/c1-2-19-9(16)6-3-4-7(14)8(5-6)15-20(17,18)10(11,12)13/h6-8,15H,2-5,14H2,1H3/t6-,7-,8+/m0/s1. The van der Waals surface area contributed by atoms with Gasteiger partial charge in [-0.05, 0) is 26.2 Å². The highest BCUT2D eigenvalue weighted by Gasteiger charge is 2.48. The average molecular weight is 318 g/mol. The summed E-state index contributed by atoms with van der Waals surface area (Å²) in [6.45, 7) is 1.76. The number of carbonyl (C=O) groups is 1. The van der Waals surface area contributed by atoms with Crippen LogP contribution in [-0.4, -0.2) is 38.6 Å². The smallest absolute Gasteiger partial charge is 0.466 e. The van der Waals surface area contributed by atoms with E-state index in [1.54, 1.807) is 6.92 Å². The number of sulfonamides is 1. The third kappa shape index (κ3) is 4.06. The quantitative estimate of drug-likeness (QED) is 0.735. The van der Waals surface area contributed by atoms with Crippen LogP contribution in [0.5, 0.6) is 0 Å². The maximum absolute atomic E-state index is 12.3. The lowest BCUT2D eigenvalue weighted by Gasteiger charge is -2.33. The molecule has 10 heteroatoms. The van der Waals surface area contributed by atoms with Crippen molar-refractivity contribution in [3.63, 3.8) is 0 Å². The fourth-order valence-electron chi connectivity index (χ4n) is 2.07. The van der Waals surface area contributed by atoms with Crippen LogP contribution in [0, 0.1) is 5.92 Å². The van der Waals surface area contributed by atoms with Crippen molar-refractivity contribution in [1.82, 2.24) is 4.72 Å². The molecular formula is C10H17F3N2O4S. The Morgan fingerprint density at radius 2 is 2.00 bits per heavy atom. The van der Waals surface area contributed by atoms with E-state index in [2.05, 4.69) is 0 Å². The predicted octanol–water partition coefficient (Wildman–Crippen LogP) is 0.485. The van der Waals surface area contributed by atoms with Gasteiger partial charge < -0.3 is 10.5 Å². The van der Waals surface area contributed by atoms with Gasteiger partial charge in [0.2, 0.25) is 0 Å². The van der Waals surface area contributed by atoms with E-state index in [-0.39, 0.29) is 19.4 Å². The summed E-state index contributed by atoms with van der Waals surface area (Å²) >= 11 is 0. The first kappa shape index (κ1) is 17.2. The molecule has 0 aliphatic heterocycles. The van der Waals surface area contributed by atoms with Crippen molar-refractivity contribution >= 4 is 16.0 Å². The van der Waals surface area contributed by atoms with Crippen molar-refractivity contribution in [2.45, 2.75) is 43.8 Å². The Morgan fingerprint density at radius 1 is 1.40 bits per heavy atom. The molecule has 118 valence electrons. The van der Waals surface area contributed by atoms with Gasteiger partial charge in [-0.25, -0.2) is 13.1 Å². The number of esters is 1. The average Bonchev–Trinajstić information content (AvgIpc) is 2.30. The summed E-state index contributed by atoms with van der Waals surface area (Å²) in [6.07, 6.45) is 0.508. The van der Waals surface area contributed by atoms with Crippen LogP contribution < -0.4 is 10.5 Å². The van der Waals surface area contributed by atoms with Gasteiger partial charge in [-0.1, -0.05) is 0 Å². The van der Waals surface area contributed by atoms with Gasteiger partial charge in [0.15, 0.2) is 0 Å². The van der Waals surface area contributed by atoms with Gasteiger partial charge in [0.25, 0.3) is 0 Å². The van der Waals surface area contributed by atoms with Gasteiger partial charge >= 0.3 is 21.5 Å². The zero-order valence-electron chi connectivity index (χ0n) is 10.8. The zero-order chi connectivity index (χ0) is 15.6. The number of ether oxygens (including phenoxy) is 1. The number of hydrogen-bond acceptors (Lipinski definition) is 5. The number of hydrogen-bond donors (Lipinski definition) is 2. The lowest BCUT2D eigenvalue weighted by Crippen LogP contribution is -2.54. The molecule has 0 radical (unpaired) electrons. The van der Waals surface area contributed by atoms with Gasteiger partial charge in [0.05, 0.1) is 12.5 Å². The van der Waals surface area contributed by atoms with Crippen molar-refractivity contribution in [1.29, 1.82) is 0 Å². The van der Waals surface area contributed by atoms with Gasteiger partial charge in [0.1, 0.15) is 0 Å². The predicted molar refractivity (Wildman–Crippen MR) is 63.8 cm³/mol. The van der Waals surface area contributed by atoms with E-state index in [0.29, 0.717) is 6.42 Å². The van der Waals surface area contributed by atoms with E-state index in [9.17, 15) is 26.4 Å². The number of nitrogens with one attached hydrogen (secondary N) is 1. The van der Waals surface area contributed by atoms with Crippen molar-refractivity contribution < 1.29 is 31.1 Å². The molecule has 0 unspecified atom stereocenters. The first-order valence-electron chi connectivity index (χ1n) is 6.09. The zero-order valence-corrected chi connectivity index (χ0v) is 11.6. The lowest BCUT2D eigenvalue weighted by atomic mass is 9.83. The summed E-state index contributed by atoms with van der Waals surface area (Å²) in [5.41, 5.74) is 0.220. The minimum atomic E-state index is -5.47. The Morgan fingerprint density at radius 3 is 2.50 bits per heavy atom. The number of halogens is 3. The van der Waals surface area contributed by atoms with E-state index < -0.39 is 39.5 Å². The second-order valence-electron chi connectivity index (χ2n) is 4.60. The van der Waals surface area contributed by atoms with Crippen LogP contribution in [0.3, 0.4) is 0 Å². The molecule has 1 saturated carbocycles. The molecule has 0 amide bonds. The highest BCUT2D eigenvalue weighted by Crippen LogP contribution is 2.28. The summed E-state index contributed by atoms with van der Waals surface area (Å²) in [7, 11) is -5.47. The van der Waals surface area contributed by atoms with Crippen molar-refractivity contribution in [3.8, 4) is 0 Å². The largest absolute Gasteiger partial charge is 0.511 e. The summed E-state index contributed by atoms with van der Waals surface area (Å²) < 4.78 is 65.4. The van der Waals surface area contributed by atoms with E-state index >= 15 is 0 Å². The third-order valence-corrected chi connectivity index (χ3v) is 4.36. The molecule has 3 N–H and O–H groups in total. The first-order chi connectivity index (χ1) is 9.08. The molecule has 0 saturated heterocycles. The Hall–Kier alpha value is -0.870. The molecule has 6 nitrogen and oxygen atoms in total. The molecule has 1 aliphatic carbocycles. The number of carbonyl (C=O) groups excluding carboxylic acids is 1. The molecule has 0 spiro atoms. The second-order valence-corrected chi connectivity index (χ2v) is 6.30. The maximum Gasteiger partial charge on any atom is 0.511 e. The third-order valence-electron chi connectivity index (χ3n) is 3.13. The van der Waals surface area contributed by atoms with Gasteiger partial charge in [-0.3, -0.25) is 4.79 Å². The van der Waals surface area contributed by atoms with Crippen LogP contribution in [0.25, 0.3) is 0 Å². The molecule has 3 atom stereocenters. The molecule has 1 aliphatic rings. The molecule has 0 bridgehead atoms. The molecule has 1 fully saturated rings. The SMILES string of the molecule is CCOC(=O)[C@H]1CC[C@H](N)[C@H](NS(=O)(=O)C(F)(F)F)C1. The van der Waals surface area contributed by atoms with Crippen LogP contribution in [0.15, 0.2) is 0 Å². The Balaban J connectivity index is 2.76. The number of rotatable bonds is 4. The number of nitrogens with two attached hydrogens (primary N) is 1. The molecule has 0 aromatic carbocycles. The van der Waals surface area contributed by atoms with Crippen LogP contribution in [0.2, 0.25) is 0 Å².